The first kappa shape index (κ1) is 14.3. The molecule has 2 aromatic rings. The predicted octanol–water partition coefficient (Wildman–Crippen LogP) is 3.43. The summed E-state index contributed by atoms with van der Waals surface area (Å²) < 4.78 is 6.44. The fraction of sp³-hybridized carbons (Fsp3) is 0.333. The Morgan fingerprint density at radius 2 is 1.95 bits per heavy atom. The Morgan fingerprint density at radius 3 is 2.47 bits per heavy atom. The van der Waals surface area contributed by atoms with E-state index in [0.717, 1.165) is 27.1 Å². The second-order valence-corrected chi connectivity index (χ2v) is 5.53. The van der Waals surface area contributed by atoms with Crippen LogP contribution in [0, 0.1) is 13.8 Å². The van der Waals surface area contributed by atoms with E-state index in [1.807, 2.05) is 44.2 Å². The first-order valence-electron chi connectivity index (χ1n) is 6.24. The van der Waals surface area contributed by atoms with Crippen LogP contribution in [0.2, 0.25) is 0 Å². The Balaban J connectivity index is 2.37. The van der Waals surface area contributed by atoms with Gasteiger partial charge in [0.2, 0.25) is 0 Å². The van der Waals surface area contributed by atoms with Crippen LogP contribution in [0.5, 0.6) is 0 Å². The van der Waals surface area contributed by atoms with E-state index in [-0.39, 0.29) is 5.92 Å². The van der Waals surface area contributed by atoms with Crippen LogP contribution in [0.1, 0.15) is 34.7 Å². The number of aliphatic hydroxyl groups excluding tert-OH is 1. The van der Waals surface area contributed by atoms with Crippen molar-refractivity contribution in [1.82, 2.24) is 0 Å². The number of rotatable bonds is 4. The average molecular weight is 324 g/mol. The summed E-state index contributed by atoms with van der Waals surface area (Å²) in [6, 6.07) is 9.70. The van der Waals surface area contributed by atoms with Crippen molar-refractivity contribution in [3.8, 4) is 0 Å². The van der Waals surface area contributed by atoms with E-state index in [2.05, 4.69) is 15.9 Å². The van der Waals surface area contributed by atoms with Crippen LogP contribution in [0.25, 0.3) is 0 Å². The monoisotopic (exact) mass is 323 g/mol. The van der Waals surface area contributed by atoms with Crippen LogP contribution < -0.4 is 5.73 Å². The molecule has 1 aromatic carbocycles. The maximum Gasteiger partial charge on any atom is 0.106 e. The van der Waals surface area contributed by atoms with Crippen molar-refractivity contribution in [2.24, 2.45) is 5.73 Å². The van der Waals surface area contributed by atoms with Crippen LogP contribution in [0.3, 0.4) is 0 Å². The molecule has 0 aliphatic heterocycles. The van der Waals surface area contributed by atoms with Gasteiger partial charge in [0.1, 0.15) is 11.5 Å². The van der Waals surface area contributed by atoms with E-state index in [1.165, 1.54) is 0 Å². The molecule has 0 saturated heterocycles. The Bertz CT molecular complexity index is 565. The summed E-state index contributed by atoms with van der Waals surface area (Å²) in [6.07, 6.45) is -0.666. The van der Waals surface area contributed by atoms with Crippen LogP contribution in [-0.4, -0.2) is 11.7 Å². The lowest BCUT2D eigenvalue weighted by molar-refractivity contribution is 0.145. The molecule has 1 heterocycles. The Hall–Kier alpha value is -1.10. The Morgan fingerprint density at radius 1 is 1.26 bits per heavy atom. The minimum absolute atomic E-state index is 0.161. The molecule has 2 rings (SSSR count). The maximum atomic E-state index is 10.6. The molecule has 3 N–H and O–H groups in total. The van der Waals surface area contributed by atoms with E-state index in [9.17, 15) is 5.11 Å². The molecule has 19 heavy (non-hydrogen) atoms. The number of halogens is 1. The van der Waals surface area contributed by atoms with Gasteiger partial charge in [-0.05, 0) is 31.5 Å². The van der Waals surface area contributed by atoms with E-state index < -0.39 is 6.10 Å². The fourth-order valence-electron chi connectivity index (χ4n) is 2.36. The summed E-state index contributed by atoms with van der Waals surface area (Å²) >= 11 is 3.51. The number of furan rings is 1. The summed E-state index contributed by atoms with van der Waals surface area (Å²) in [7, 11) is 0. The van der Waals surface area contributed by atoms with Crippen LogP contribution in [-0.2, 0) is 0 Å². The van der Waals surface area contributed by atoms with Gasteiger partial charge in [0, 0.05) is 22.5 Å². The zero-order chi connectivity index (χ0) is 14.0. The first-order valence-corrected chi connectivity index (χ1v) is 7.03. The summed E-state index contributed by atoms with van der Waals surface area (Å²) in [4.78, 5) is 0. The minimum atomic E-state index is -0.666. The lowest BCUT2D eigenvalue weighted by Crippen LogP contribution is -2.20. The molecule has 0 spiro atoms. The van der Waals surface area contributed by atoms with Crippen molar-refractivity contribution in [3.05, 3.63) is 57.5 Å². The third kappa shape index (κ3) is 2.91. The summed E-state index contributed by atoms with van der Waals surface area (Å²) in [5.74, 6) is 1.39. The number of aliphatic hydroxyl groups is 1. The van der Waals surface area contributed by atoms with Gasteiger partial charge in [-0.25, -0.2) is 0 Å². The zero-order valence-corrected chi connectivity index (χ0v) is 12.6. The third-order valence-electron chi connectivity index (χ3n) is 3.34. The van der Waals surface area contributed by atoms with Crippen LogP contribution in [0.15, 0.2) is 39.2 Å². The number of aryl methyl sites for hydroxylation is 2. The highest BCUT2D eigenvalue weighted by molar-refractivity contribution is 9.10. The zero-order valence-electron chi connectivity index (χ0n) is 11.1. The smallest absolute Gasteiger partial charge is 0.106 e. The summed E-state index contributed by atoms with van der Waals surface area (Å²) in [5.41, 5.74) is 7.68. The topological polar surface area (TPSA) is 59.4 Å². The second kappa shape index (κ2) is 5.90. The molecule has 0 aliphatic rings. The maximum absolute atomic E-state index is 10.6. The van der Waals surface area contributed by atoms with E-state index >= 15 is 0 Å². The highest BCUT2D eigenvalue weighted by Gasteiger charge is 2.26. The van der Waals surface area contributed by atoms with Gasteiger partial charge in [-0.15, -0.1) is 0 Å². The standard InChI is InChI=1S/C15H18BrNO2/c1-9-7-12(10(2)19-9)15(18)13(8-17)11-5-3-4-6-14(11)16/h3-7,13,15,18H,8,17H2,1-2H3. The van der Waals surface area contributed by atoms with Gasteiger partial charge >= 0.3 is 0 Å². The molecule has 0 fully saturated rings. The molecule has 4 heteroatoms. The molecule has 1 aromatic heterocycles. The van der Waals surface area contributed by atoms with Crippen LogP contribution in [0.4, 0.5) is 0 Å². The number of benzene rings is 1. The normalized spacial score (nSPS) is 14.4. The summed E-state index contributed by atoms with van der Waals surface area (Å²) in [5, 5.41) is 10.6. The van der Waals surface area contributed by atoms with Crippen molar-refractivity contribution in [1.29, 1.82) is 0 Å². The molecule has 0 bridgehead atoms. The van der Waals surface area contributed by atoms with E-state index in [4.69, 9.17) is 10.2 Å². The SMILES string of the molecule is Cc1cc(C(O)C(CN)c2ccccc2Br)c(C)o1. The van der Waals surface area contributed by atoms with E-state index in [1.54, 1.807) is 0 Å². The molecule has 0 aliphatic carbocycles. The van der Waals surface area contributed by atoms with Gasteiger partial charge in [-0.3, -0.25) is 0 Å². The van der Waals surface area contributed by atoms with E-state index in [0.29, 0.717) is 6.54 Å². The second-order valence-electron chi connectivity index (χ2n) is 4.68. The Labute approximate surface area is 121 Å². The van der Waals surface area contributed by atoms with Gasteiger partial charge in [-0.2, -0.15) is 0 Å². The number of nitrogens with two attached hydrogens (primary N) is 1. The molecule has 0 saturated carbocycles. The van der Waals surface area contributed by atoms with Gasteiger partial charge < -0.3 is 15.3 Å². The van der Waals surface area contributed by atoms with Crippen LogP contribution >= 0.6 is 15.9 Å². The minimum Gasteiger partial charge on any atom is -0.466 e. The molecular weight excluding hydrogens is 306 g/mol. The van der Waals surface area contributed by atoms with Gasteiger partial charge in [0.15, 0.2) is 0 Å². The van der Waals surface area contributed by atoms with Gasteiger partial charge in [0.05, 0.1) is 6.10 Å². The van der Waals surface area contributed by atoms with Crippen molar-refractivity contribution in [3.63, 3.8) is 0 Å². The number of hydrogen-bond donors (Lipinski definition) is 2. The fourth-order valence-corrected chi connectivity index (χ4v) is 2.94. The lowest BCUT2D eigenvalue weighted by atomic mass is 9.89. The van der Waals surface area contributed by atoms with Gasteiger partial charge in [0.25, 0.3) is 0 Å². The molecule has 0 amide bonds. The molecule has 2 atom stereocenters. The average Bonchev–Trinajstić information content (AvgIpc) is 2.71. The van der Waals surface area contributed by atoms with Crippen molar-refractivity contribution in [2.45, 2.75) is 25.9 Å². The van der Waals surface area contributed by atoms with Crippen molar-refractivity contribution >= 4 is 15.9 Å². The van der Waals surface area contributed by atoms with Crippen molar-refractivity contribution in [2.75, 3.05) is 6.54 Å². The predicted molar refractivity (Wildman–Crippen MR) is 79.1 cm³/mol. The van der Waals surface area contributed by atoms with Gasteiger partial charge in [-0.1, -0.05) is 34.1 Å². The summed E-state index contributed by atoms with van der Waals surface area (Å²) in [6.45, 7) is 4.10. The van der Waals surface area contributed by atoms with Crippen molar-refractivity contribution < 1.29 is 9.52 Å². The largest absolute Gasteiger partial charge is 0.466 e. The Kier molecular flexibility index (Phi) is 4.45. The third-order valence-corrected chi connectivity index (χ3v) is 4.06. The molecule has 0 radical (unpaired) electrons. The molecule has 3 nitrogen and oxygen atoms in total. The molecular formula is C15H18BrNO2. The first-order chi connectivity index (χ1) is 9.04. The highest BCUT2D eigenvalue weighted by atomic mass is 79.9. The quantitative estimate of drug-likeness (QED) is 0.906. The highest BCUT2D eigenvalue weighted by Crippen LogP contribution is 2.36. The lowest BCUT2D eigenvalue weighted by Gasteiger charge is -2.22. The molecule has 2 unspecified atom stereocenters. The number of hydrogen-bond acceptors (Lipinski definition) is 3. The molecule has 102 valence electrons.